The number of nitro benzene ring substituents is 2. The Balaban J connectivity index is 2.06. The van der Waals surface area contributed by atoms with E-state index < -0.39 is 21.2 Å². The predicted molar refractivity (Wildman–Crippen MR) is 83.5 cm³/mol. The Labute approximate surface area is 131 Å². The summed E-state index contributed by atoms with van der Waals surface area (Å²) in [6.45, 7) is 0. The number of rotatable bonds is 4. The van der Waals surface area contributed by atoms with Crippen molar-refractivity contribution in [2.24, 2.45) is 0 Å². The molecule has 0 radical (unpaired) electrons. The summed E-state index contributed by atoms with van der Waals surface area (Å²) in [6.07, 6.45) is 0. The molecular formula is C13H7N3O4S2. The van der Waals surface area contributed by atoms with Gasteiger partial charge in [0.25, 0.3) is 0 Å². The summed E-state index contributed by atoms with van der Waals surface area (Å²) in [5, 5.41) is 22.1. The Morgan fingerprint density at radius 3 is 2.45 bits per heavy atom. The fourth-order valence-corrected chi connectivity index (χ4v) is 4.07. The number of thiazole rings is 1. The number of hydrogen-bond donors (Lipinski definition) is 0. The summed E-state index contributed by atoms with van der Waals surface area (Å²) in [6, 6.07) is 11.5. The Bertz CT molecular complexity index is 861. The second-order valence-corrected chi connectivity index (χ2v) is 6.51. The van der Waals surface area contributed by atoms with Gasteiger partial charge in [0.2, 0.25) is 0 Å². The molecule has 0 aliphatic rings. The molecule has 2 aromatic carbocycles. The van der Waals surface area contributed by atoms with E-state index in [-0.39, 0.29) is 4.90 Å². The molecule has 7 nitrogen and oxygen atoms in total. The molecule has 0 aliphatic carbocycles. The van der Waals surface area contributed by atoms with Crippen molar-refractivity contribution in [2.45, 2.75) is 9.24 Å². The molecule has 3 aromatic rings. The van der Waals surface area contributed by atoms with Crippen LogP contribution in [-0.2, 0) is 0 Å². The van der Waals surface area contributed by atoms with E-state index >= 15 is 0 Å². The second kappa shape index (κ2) is 5.70. The third-order valence-corrected chi connectivity index (χ3v) is 4.97. The Morgan fingerprint density at radius 1 is 1.00 bits per heavy atom. The highest BCUT2D eigenvalue weighted by Gasteiger charge is 2.29. The second-order valence-electron chi connectivity index (χ2n) is 4.19. The lowest BCUT2D eigenvalue weighted by atomic mass is 10.3. The van der Waals surface area contributed by atoms with Crippen molar-refractivity contribution in [1.29, 1.82) is 0 Å². The summed E-state index contributed by atoms with van der Waals surface area (Å²) < 4.78 is 1.56. The van der Waals surface area contributed by atoms with Crippen LogP contribution in [0.3, 0.4) is 0 Å². The van der Waals surface area contributed by atoms with Gasteiger partial charge in [-0.25, -0.2) is 4.98 Å². The molecule has 0 aliphatic heterocycles. The zero-order valence-corrected chi connectivity index (χ0v) is 12.5. The van der Waals surface area contributed by atoms with E-state index in [2.05, 4.69) is 4.98 Å². The Kier molecular flexibility index (Phi) is 3.73. The number of aromatic nitrogens is 1. The minimum absolute atomic E-state index is 0.207. The summed E-state index contributed by atoms with van der Waals surface area (Å²) >= 11 is 2.45. The van der Waals surface area contributed by atoms with Crippen molar-refractivity contribution in [3.05, 3.63) is 62.7 Å². The predicted octanol–water partition coefficient (Wildman–Crippen LogP) is 4.26. The molecule has 110 valence electrons. The van der Waals surface area contributed by atoms with Crippen LogP contribution in [-0.4, -0.2) is 14.8 Å². The van der Waals surface area contributed by atoms with E-state index in [1.807, 2.05) is 24.3 Å². The number of fused-ring (bicyclic) bond motifs is 1. The molecule has 3 rings (SSSR count). The maximum Gasteiger partial charge on any atom is 0.359 e. The third kappa shape index (κ3) is 2.63. The zero-order valence-electron chi connectivity index (χ0n) is 10.8. The summed E-state index contributed by atoms with van der Waals surface area (Å²) in [4.78, 5) is 25.2. The quantitative estimate of drug-likeness (QED) is 0.522. The molecule has 1 aromatic heterocycles. The fraction of sp³-hybridized carbons (Fsp3) is 0. The monoisotopic (exact) mass is 333 g/mol. The molecule has 0 spiro atoms. The van der Waals surface area contributed by atoms with Crippen LogP contribution >= 0.6 is 23.1 Å². The molecule has 0 saturated carbocycles. The van der Waals surface area contributed by atoms with Crippen LogP contribution in [0.25, 0.3) is 10.2 Å². The van der Waals surface area contributed by atoms with Gasteiger partial charge in [-0.1, -0.05) is 30.0 Å². The summed E-state index contributed by atoms with van der Waals surface area (Å²) in [5.74, 6) is 0. The van der Waals surface area contributed by atoms with E-state index in [9.17, 15) is 20.2 Å². The molecular weight excluding hydrogens is 326 g/mol. The van der Waals surface area contributed by atoms with Crippen molar-refractivity contribution in [3.8, 4) is 0 Å². The lowest BCUT2D eigenvalue weighted by molar-refractivity contribution is -0.424. The fourth-order valence-electron chi connectivity index (χ4n) is 1.91. The van der Waals surface area contributed by atoms with Crippen molar-refractivity contribution < 1.29 is 9.85 Å². The molecule has 0 N–H and O–H groups in total. The van der Waals surface area contributed by atoms with E-state index in [4.69, 9.17) is 0 Å². The molecule has 9 heteroatoms. The van der Waals surface area contributed by atoms with Gasteiger partial charge < -0.3 is 0 Å². The largest absolute Gasteiger partial charge is 0.359 e. The van der Waals surface area contributed by atoms with Crippen molar-refractivity contribution in [1.82, 2.24) is 4.98 Å². The van der Waals surface area contributed by atoms with E-state index in [1.54, 1.807) is 0 Å². The maximum absolute atomic E-state index is 11.2. The van der Waals surface area contributed by atoms with Gasteiger partial charge in [-0.3, -0.25) is 20.2 Å². The topological polar surface area (TPSA) is 99.2 Å². The normalized spacial score (nSPS) is 10.7. The van der Waals surface area contributed by atoms with E-state index in [0.717, 1.165) is 28.0 Å². The highest BCUT2D eigenvalue weighted by molar-refractivity contribution is 8.01. The van der Waals surface area contributed by atoms with Crippen LogP contribution in [0.4, 0.5) is 11.4 Å². The average Bonchev–Trinajstić information content (AvgIpc) is 2.88. The minimum Gasteiger partial charge on any atom is -0.258 e. The number of benzene rings is 2. The van der Waals surface area contributed by atoms with Crippen LogP contribution in [0.2, 0.25) is 0 Å². The van der Waals surface area contributed by atoms with Gasteiger partial charge in [0, 0.05) is 6.07 Å². The van der Waals surface area contributed by atoms with Crippen molar-refractivity contribution in [2.75, 3.05) is 0 Å². The standard InChI is InChI=1S/C13H7N3O4S2/c17-15(18)9-5-3-7-11(12(9)16(19)20)22-13-14-8-4-1-2-6-10(8)21-13/h1-7H. The molecule has 0 unspecified atom stereocenters. The van der Waals surface area contributed by atoms with Crippen LogP contribution in [0.5, 0.6) is 0 Å². The smallest absolute Gasteiger partial charge is 0.258 e. The van der Waals surface area contributed by atoms with Gasteiger partial charge in [-0.2, -0.15) is 0 Å². The van der Waals surface area contributed by atoms with E-state index in [0.29, 0.717) is 4.34 Å². The highest BCUT2D eigenvalue weighted by Crippen LogP contribution is 2.42. The third-order valence-electron chi connectivity index (χ3n) is 2.83. The molecule has 22 heavy (non-hydrogen) atoms. The summed E-state index contributed by atoms with van der Waals surface area (Å²) in [5.41, 5.74) is -0.226. The first kappa shape index (κ1) is 14.4. The molecule has 0 atom stereocenters. The maximum atomic E-state index is 11.2. The van der Waals surface area contributed by atoms with Crippen molar-refractivity contribution in [3.63, 3.8) is 0 Å². The van der Waals surface area contributed by atoms with Gasteiger partial charge in [0.15, 0.2) is 4.34 Å². The highest BCUT2D eigenvalue weighted by atomic mass is 32.2. The van der Waals surface area contributed by atoms with Gasteiger partial charge in [-0.05, 0) is 18.2 Å². The van der Waals surface area contributed by atoms with E-state index in [1.165, 1.54) is 23.5 Å². The van der Waals surface area contributed by atoms with Crippen molar-refractivity contribution >= 4 is 44.7 Å². The lowest BCUT2D eigenvalue weighted by Gasteiger charge is -2.00. The first-order chi connectivity index (χ1) is 10.6. The molecule has 0 bridgehead atoms. The van der Waals surface area contributed by atoms with Crippen LogP contribution in [0, 0.1) is 20.2 Å². The lowest BCUT2D eigenvalue weighted by Crippen LogP contribution is -1.98. The van der Waals surface area contributed by atoms with Gasteiger partial charge in [0.05, 0.1) is 25.0 Å². The first-order valence-electron chi connectivity index (χ1n) is 6.01. The number of nitrogens with zero attached hydrogens (tertiary/aromatic N) is 3. The summed E-state index contributed by atoms with van der Waals surface area (Å²) in [7, 11) is 0. The Hall–Kier alpha value is -2.52. The first-order valence-corrected chi connectivity index (χ1v) is 7.65. The average molecular weight is 333 g/mol. The Morgan fingerprint density at radius 2 is 1.77 bits per heavy atom. The SMILES string of the molecule is O=[N+]([O-])c1cccc(Sc2nc3ccccc3s2)c1[N+](=O)[O-]. The number of nitro groups is 2. The van der Waals surface area contributed by atoms with Crippen LogP contribution in [0.15, 0.2) is 51.7 Å². The van der Waals surface area contributed by atoms with Gasteiger partial charge >= 0.3 is 11.4 Å². The zero-order chi connectivity index (χ0) is 15.7. The van der Waals surface area contributed by atoms with Crippen LogP contribution in [0.1, 0.15) is 0 Å². The van der Waals surface area contributed by atoms with Crippen LogP contribution < -0.4 is 0 Å². The molecule has 0 fully saturated rings. The molecule has 0 amide bonds. The molecule has 1 heterocycles. The molecule has 0 saturated heterocycles. The number of hydrogen-bond acceptors (Lipinski definition) is 7. The van der Waals surface area contributed by atoms with Gasteiger partial charge in [-0.15, -0.1) is 11.3 Å². The van der Waals surface area contributed by atoms with Gasteiger partial charge in [0.1, 0.15) is 0 Å². The number of para-hydroxylation sites is 2. The minimum atomic E-state index is -0.749.